The molecule has 1 aliphatic carbocycles. The van der Waals surface area contributed by atoms with Crippen molar-refractivity contribution in [2.24, 2.45) is 11.7 Å². The summed E-state index contributed by atoms with van der Waals surface area (Å²) in [4.78, 5) is 0. The molecule has 1 rings (SSSR count). The van der Waals surface area contributed by atoms with Crippen molar-refractivity contribution >= 4 is 17.3 Å². The van der Waals surface area contributed by atoms with E-state index in [2.05, 4.69) is 24.5 Å². The molecule has 0 spiro atoms. The SMILES string of the molecule is C[C@H](NC(N)=S)C1CC1. The Labute approximate surface area is 60.8 Å². The third-order valence-electron chi connectivity index (χ3n) is 1.70. The average Bonchev–Trinajstić information content (AvgIpc) is 2.40. The standard InChI is InChI=1S/C6H12N2S/c1-4(5-2-3-5)8-6(7)9/h4-5H,2-3H2,1H3,(H3,7,8,9)/t4-/m0/s1. The molecular formula is C6H12N2S. The van der Waals surface area contributed by atoms with Crippen LogP contribution >= 0.6 is 12.2 Å². The molecule has 2 nitrogen and oxygen atoms in total. The van der Waals surface area contributed by atoms with E-state index in [0.29, 0.717) is 11.2 Å². The van der Waals surface area contributed by atoms with Gasteiger partial charge in [0.15, 0.2) is 5.11 Å². The van der Waals surface area contributed by atoms with Crippen LogP contribution < -0.4 is 11.1 Å². The van der Waals surface area contributed by atoms with Crippen LogP contribution in [0.2, 0.25) is 0 Å². The van der Waals surface area contributed by atoms with Crippen LogP contribution in [-0.4, -0.2) is 11.2 Å². The second-order valence-electron chi connectivity index (χ2n) is 2.63. The van der Waals surface area contributed by atoms with Gasteiger partial charge in [0, 0.05) is 6.04 Å². The minimum Gasteiger partial charge on any atom is -0.376 e. The fraction of sp³-hybridized carbons (Fsp3) is 0.833. The van der Waals surface area contributed by atoms with E-state index in [1.807, 2.05) is 0 Å². The molecule has 0 amide bonds. The molecule has 3 heteroatoms. The molecule has 1 saturated carbocycles. The maximum Gasteiger partial charge on any atom is 0.163 e. The van der Waals surface area contributed by atoms with E-state index in [4.69, 9.17) is 5.73 Å². The monoisotopic (exact) mass is 144 g/mol. The number of hydrogen-bond donors (Lipinski definition) is 2. The quantitative estimate of drug-likeness (QED) is 0.558. The van der Waals surface area contributed by atoms with Crippen LogP contribution in [-0.2, 0) is 0 Å². The van der Waals surface area contributed by atoms with Crippen LogP contribution in [0.3, 0.4) is 0 Å². The van der Waals surface area contributed by atoms with Gasteiger partial charge in [0.1, 0.15) is 0 Å². The van der Waals surface area contributed by atoms with E-state index in [-0.39, 0.29) is 0 Å². The largest absolute Gasteiger partial charge is 0.376 e. The smallest absolute Gasteiger partial charge is 0.163 e. The summed E-state index contributed by atoms with van der Waals surface area (Å²) in [6, 6.07) is 0.488. The first-order valence-corrected chi connectivity index (χ1v) is 3.67. The van der Waals surface area contributed by atoms with Gasteiger partial charge in [0.25, 0.3) is 0 Å². The van der Waals surface area contributed by atoms with Gasteiger partial charge >= 0.3 is 0 Å². The normalized spacial score (nSPS) is 21.0. The molecule has 0 bridgehead atoms. The Balaban J connectivity index is 2.17. The van der Waals surface area contributed by atoms with Gasteiger partial charge in [-0.3, -0.25) is 0 Å². The van der Waals surface area contributed by atoms with E-state index in [1.165, 1.54) is 12.8 Å². The lowest BCUT2D eigenvalue weighted by Gasteiger charge is -2.10. The summed E-state index contributed by atoms with van der Waals surface area (Å²) in [5.74, 6) is 0.825. The highest BCUT2D eigenvalue weighted by atomic mass is 32.1. The molecule has 0 heterocycles. The molecule has 3 N–H and O–H groups in total. The van der Waals surface area contributed by atoms with Gasteiger partial charge in [0.05, 0.1) is 0 Å². The van der Waals surface area contributed by atoms with Crippen molar-refractivity contribution in [2.45, 2.75) is 25.8 Å². The number of hydrogen-bond acceptors (Lipinski definition) is 1. The second-order valence-corrected chi connectivity index (χ2v) is 3.07. The highest BCUT2D eigenvalue weighted by Gasteiger charge is 2.27. The summed E-state index contributed by atoms with van der Waals surface area (Å²) in [5, 5.41) is 3.44. The van der Waals surface area contributed by atoms with E-state index < -0.39 is 0 Å². The highest BCUT2D eigenvalue weighted by Crippen LogP contribution is 2.32. The first-order valence-electron chi connectivity index (χ1n) is 3.26. The molecule has 0 radical (unpaired) electrons. The second kappa shape index (κ2) is 2.52. The van der Waals surface area contributed by atoms with Crippen molar-refractivity contribution in [1.29, 1.82) is 0 Å². The summed E-state index contributed by atoms with van der Waals surface area (Å²) in [5.41, 5.74) is 5.28. The van der Waals surface area contributed by atoms with E-state index in [0.717, 1.165) is 5.92 Å². The van der Waals surface area contributed by atoms with Crippen LogP contribution in [0.15, 0.2) is 0 Å². The molecule has 0 aromatic rings. The van der Waals surface area contributed by atoms with Crippen LogP contribution in [0.1, 0.15) is 19.8 Å². The van der Waals surface area contributed by atoms with Crippen molar-refractivity contribution in [2.75, 3.05) is 0 Å². The Morgan fingerprint density at radius 1 is 1.78 bits per heavy atom. The Kier molecular flexibility index (Phi) is 1.90. The summed E-state index contributed by atoms with van der Waals surface area (Å²) >= 11 is 4.69. The molecule has 1 atom stereocenters. The zero-order valence-electron chi connectivity index (χ0n) is 5.55. The lowest BCUT2D eigenvalue weighted by atomic mass is 10.2. The molecular weight excluding hydrogens is 132 g/mol. The molecule has 52 valence electrons. The number of nitrogens with one attached hydrogen (secondary N) is 1. The lowest BCUT2D eigenvalue weighted by molar-refractivity contribution is 0.589. The van der Waals surface area contributed by atoms with Gasteiger partial charge < -0.3 is 11.1 Å². The molecule has 1 fully saturated rings. The average molecular weight is 144 g/mol. The van der Waals surface area contributed by atoms with E-state index >= 15 is 0 Å². The van der Waals surface area contributed by atoms with Gasteiger partial charge in [-0.2, -0.15) is 0 Å². The number of nitrogens with two attached hydrogens (primary N) is 1. The highest BCUT2D eigenvalue weighted by molar-refractivity contribution is 7.80. The van der Waals surface area contributed by atoms with Crippen LogP contribution in [0, 0.1) is 5.92 Å². The molecule has 1 aliphatic rings. The minimum absolute atomic E-state index is 0.425. The number of thiocarbonyl (C=S) groups is 1. The maximum atomic E-state index is 5.28. The van der Waals surface area contributed by atoms with Gasteiger partial charge in [-0.05, 0) is 37.9 Å². The van der Waals surface area contributed by atoms with Crippen LogP contribution in [0.25, 0.3) is 0 Å². The predicted molar refractivity (Wildman–Crippen MR) is 42.1 cm³/mol. The molecule has 0 aromatic heterocycles. The summed E-state index contributed by atoms with van der Waals surface area (Å²) in [6.45, 7) is 2.12. The molecule has 0 unspecified atom stereocenters. The Hall–Kier alpha value is -0.310. The van der Waals surface area contributed by atoms with Crippen LogP contribution in [0.5, 0.6) is 0 Å². The van der Waals surface area contributed by atoms with Crippen molar-refractivity contribution in [3.05, 3.63) is 0 Å². The van der Waals surface area contributed by atoms with E-state index in [1.54, 1.807) is 0 Å². The first-order chi connectivity index (χ1) is 4.20. The van der Waals surface area contributed by atoms with Gasteiger partial charge in [-0.15, -0.1) is 0 Å². The zero-order chi connectivity index (χ0) is 6.85. The zero-order valence-corrected chi connectivity index (χ0v) is 6.37. The van der Waals surface area contributed by atoms with Gasteiger partial charge in [0.2, 0.25) is 0 Å². The topological polar surface area (TPSA) is 38.0 Å². The first kappa shape index (κ1) is 6.81. The Bertz CT molecular complexity index is 120. The molecule has 0 saturated heterocycles. The fourth-order valence-corrected chi connectivity index (χ4v) is 1.12. The minimum atomic E-state index is 0.425. The molecule has 0 aliphatic heterocycles. The van der Waals surface area contributed by atoms with Crippen molar-refractivity contribution in [3.8, 4) is 0 Å². The summed E-state index contributed by atoms with van der Waals surface area (Å²) in [7, 11) is 0. The fourth-order valence-electron chi connectivity index (χ4n) is 0.938. The summed E-state index contributed by atoms with van der Waals surface area (Å²) < 4.78 is 0. The van der Waals surface area contributed by atoms with E-state index in [9.17, 15) is 0 Å². The maximum absolute atomic E-state index is 5.28. The Morgan fingerprint density at radius 2 is 2.33 bits per heavy atom. The van der Waals surface area contributed by atoms with Crippen LogP contribution in [0.4, 0.5) is 0 Å². The summed E-state index contributed by atoms with van der Waals surface area (Å²) in [6.07, 6.45) is 2.66. The lowest BCUT2D eigenvalue weighted by Crippen LogP contribution is -2.37. The predicted octanol–water partition coefficient (Wildman–Crippen LogP) is 0.618. The Morgan fingerprint density at radius 3 is 2.67 bits per heavy atom. The number of rotatable bonds is 2. The van der Waals surface area contributed by atoms with Crippen molar-refractivity contribution in [3.63, 3.8) is 0 Å². The third-order valence-corrected chi connectivity index (χ3v) is 1.82. The molecule has 9 heavy (non-hydrogen) atoms. The van der Waals surface area contributed by atoms with Crippen molar-refractivity contribution in [1.82, 2.24) is 5.32 Å². The van der Waals surface area contributed by atoms with Crippen molar-refractivity contribution < 1.29 is 0 Å². The van der Waals surface area contributed by atoms with Gasteiger partial charge in [-0.1, -0.05) is 0 Å². The van der Waals surface area contributed by atoms with Gasteiger partial charge in [-0.25, -0.2) is 0 Å². The molecule has 0 aromatic carbocycles. The third kappa shape index (κ3) is 2.18.